The van der Waals surface area contributed by atoms with E-state index in [-0.39, 0.29) is 18.4 Å². The third-order valence-corrected chi connectivity index (χ3v) is 2.09. The van der Waals surface area contributed by atoms with Gasteiger partial charge in [0, 0.05) is 18.7 Å². The lowest BCUT2D eigenvalue weighted by atomic mass is 10.3. The van der Waals surface area contributed by atoms with Gasteiger partial charge >= 0.3 is 0 Å². The number of aliphatic hydroxyl groups is 1. The molecule has 0 aromatic heterocycles. The van der Waals surface area contributed by atoms with E-state index in [1.807, 2.05) is 13.8 Å². The second kappa shape index (κ2) is 6.51. The number of ether oxygens (including phenoxy) is 1. The minimum absolute atomic E-state index is 0.0832. The maximum atomic E-state index is 13.1. The summed E-state index contributed by atoms with van der Waals surface area (Å²) in [7, 11) is 0. The van der Waals surface area contributed by atoms with Crippen LogP contribution in [0.3, 0.4) is 0 Å². The Morgan fingerprint density at radius 2 is 2.06 bits per heavy atom. The zero-order valence-electron chi connectivity index (χ0n) is 9.91. The Morgan fingerprint density at radius 3 is 2.71 bits per heavy atom. The highest BCUT2D eigenvalue weighted by Gasteiger charge is 2.09. The summed E-state index contributed by atoms with van der Waals surface area (Å²) < 4.78 is 31.0. The average molecular weight is 245 g/mol. The van der Waals surface area contributed by atoms with Gasteiger partial charge < -0.3 is 15.2 Å². The van der Waals surface area contributed by atoms with Crippen molar-refractivity contribution in [3.8, 4) is 5.75 Å². The van der Waals surface area contributed by atoms with E-state index in [1.54, 1.807) is 0 Å². The zero-order chi connectivity index (χ0) is 12.8. The van der Waals surface area contributed by atoms with Crippen molar-refractivity contribution in [2.45, 2.75) is 26.0 Å². The summed E-state index contributed by atoms with van der Waals surface area (Å²) in [6.07, 6.45) is -0.764. The molecule has 0 heterocycles. The third kappa shape index (κ3) is 5.10. The fourth-order valence-corrected chi connectivity index (χ4v) is 1.20. The molecule has 96 valence electrons. The Balaban J connectivity index is 2.41. The highest BCUT2D eigenvalue weighted by Crippen LogP contribution is 2.17. The average Bonchev–Trinajstić information content (AvgIpc) is 2.27. The van der Waals surface area contributed by atoms with E-state index < -0.39 is 17.7 Å². The van der Waals surface area contributed by atoms with E-state index in [1.165, 1.54) is 0 Å². The first-order chi connectivity index (χ1) is 7.99. The third-order valence-electron chi connectivity index (χ3n) is 2.09. The maximum Gasteiger partial charge on any atom is 0.165 e. The lowest BCUT2D eigenvalue weighted by molar-refractivity contribution is 0.102. The van der Waals surface area contributed by atoms with E-state index in [4.69, 9.17) is 4.74 Å². The van der Waals surface area contributed by atoms with Crippen LogP contribution in [0.4, 0.5) is 8.78 Å². The fourth-order valence-electron chi connectivity index (χ4n) is 1.20. The quantitative estimate of drug-likeness (QED) is 0.801. The van der Waals surface area contributed by atoms with Gasteiger partial charge in [0.1, 0.15) is 18.5 Å². The number of benzene rings is 1. The second-order valence-corrected chi connectivity index (χ2v) is 4.10. The topological polar surface area (TPSA) is 41.5 Å². The molecule has 1 aromatic carbocycles. The van der Waals surface area contributed by atoms with Crippen molar-refractivity contribution in [3.63, 3.8) is 0 Å². The predicted molar refractivity (Wildman–Crippen MR) is 61.0 cm³/mol. The van der Waals surface area contributed by atoms with Gasteiger partial charge in [-0.3, -0.25) is 0 Å². The summed E-state index contributed by atoms with van der Waals surface area (Å²) in [5, 5.41) is 12.5. The molecule has 0 saturated carbocycles. The summed E-state index contributed by atoms with van der Waals surface area (Å²) in [5.41, 5.74) is 0. The van der Waals surface area contributed by atoms with Crippen molar-refractivity contribution >= 4 is 0 Å². The van der Waals surface area contributed by atoms with Crippen molar-refractivity contribution in [1.29, 1.82) is 0 Å². The van der Waals surface area contributed by atoms with Crippen LogP contribution in [0, 0.1) is 11.6 Å². The van der Waals surface area contributed by atoms with Crippen molar-refractivity contribution in [1.82, 2.24) is 5.32 Å². The predicted octanol–water partition coefficient (Wildman–Crippen LogP) is 1.70. The van der Waals surface area contributed by atoms with Gasteiger partial charge in [-0.1, -0.05) is 13.8 Å². The molecule has 1 atom stereocenters. The number of hydrogen-bond acceptors (Lipinski definition) is 3. The molecule has 0 aliphatic rings. The van der Waals surface area contributed by atoms with Crippen LogP contribution < -0.4 is 10.1 Å². The van der Waals surface area contributed by atoms with Gasteiger partial charge in [0.2, 0.25) is 0 Å². The molecule has 2 N–H and O–H groups in total. The summed E-state index contributed by atoms with van der Waals surface area (Å²) >= 11 is 0. The van der Waals surface area contributed by atoms with E-state index in [0.717, 1.165) is 18.2 Å². The van der Waals surface area contributed by atoms with Crippen molar-refractivity contribution in [3.05, 3.63) is 29.8 Å². The van der Waals surface area contributed by atoms with E-state index in [0.29, 0.717) is 6.54 Å². The Labute approximate surface area is 99.4 Å². The molecule has 0 saturated heterocycles. The summed E-state index contributed by atoms with van der Waals surface area (Å²) in [5.74, 6) is -1.40. The summed E-state index contributed by atoms with van der Waals surface area (Å²) in [4.78, 5) is 0. The molecular formula is C12H17F2NO2. The maximum absolute atomic E-state index is 13.1. The molecule has 0 radical (unpaired) electrons. The molecule has 0 fully saturated rings. The van der Waals surface area contributed by atoms with Crippen LogP contribution in [-0.2, 0) is 0 Å². The van der Waals surface area contributed by atoms with Crippen LogP contribution in [0.5, 0.6) is 5.75 Å². The summed E-state index contributed by atoms with van der Waals surface area (Å²) in [6.45, 7) is 4.15. The number of rotatable bonds is 6. The van der Waals surface area contributed by atoms with Crippen molar-refractivity contribution in [2.75, 3.05) is 13.2 Å². The number of aliphatic hydroxyl groups excluding tert-OH is 1. The van der Waals surface area contributed by atoms with Gasteiger partial charge in [0.15, 0.2) is 11.6 Å². The van der Waals surface area contributed by atoms with Crippen LogP contribution in [0.2, 0.25) is 0 Å². The molecule has 1 unspecified atom stereocenters. The van der Waals surface area contributed by atoms with Crippen LogP contribution in [0.1, 0.15) is 13.8 Å². The largest absolute Gasteiger partial charge is 0.488 e. The minimum atomic E-state index is -0.764. The highest BCUT2D eigenvalue weighted by atomic mass is 19.1. The van der Waals surface area contributed by atoms with Gasteiger partial charge in [-0.2, -0.15) is 0 Å². The molecule has 5 heteroatoms. The normalized spacial score (nSPS) is 12.8. The second-order valence-electron chi connectivity index (χ2n) is 4.10. The van der Waals surface area contributed by atoms with Gasteiger partial charge in [-0.05, 0) is 12.1 Å². The lowest BCUT2D eigenvalue weighted by Crippen LogP contribution is -2.35. The van der Waals surface area contributed by atoms with Crippen molar-refractivity contribution < 1.29 is 18.6 Å². The Morgan fingerprint density at radius 1 is 1.35 bits per heavy atom. The Hall–Kier alpha value is -1.20. The van der Waals surface area contributed by atoms with Crippen LogP contribution in [0.25, 0.3) is 0 Å². The highest BCUT2D eigenvalue weighted by molar-refractivity contribution is 5.24. The van der Waals surface area contributed by atoms with Gasteiger partial charge in [-0.25, -0.2) is 8.78 Å². The molecule has 1 rings (SSSR count). The Kier molecular flexibility index (Phi) is 5.31. The van der Waals surface area contributed by atoms with E-state index in [9.17, 15) is 13.9 Å². The first-order valence-electron chi connectivity index (χ1n) is 5.48. The molecule has 3 nitrogen and oxygen atoms in total. The fraction of sp³-hybridized carbons (Fsp3) is 0.500. The molecule has 0 spiro atoms. The molecule has 0 aliphatic heterocycles. The SMILES string of the molecule is CC(C)NCC(O)COc1cc(F)ccc1F. The molecule has 0 bridgehead atoms. The van der Waals surface area contributed by atoms with Gasteiger partial charge in [0.05, 0.1) is 0 Å². The van der Waals surface area contributed by atoms with Gasteiger partial charge in [0.25, 0.3) is 0 Å². The van der Waals surface area contributed by atoms with Gasteiger partial charge in [-0.15, -0.1) is 0 Å². The first kappa shape index (κ1) is 13.9. The molecule has 0 aliphatic carbocycles. The monoisotopic (exact) mass is 245 g/mol. The van der Waals surface area contributed by atoms with Crippen molar-refractivity contribution in [2.24, 2.45) is 0 Å². The van der Waals surface area contributed by atoms with Crippen LogP contribution in [0.15, 0.2) is 18.2 Å². The van der Waals surface area contributed by atoms with E-state index in [2.05, 4.69) is 5.32 Å². The molecular weight excluding hydrogens is 228 g/mol. The molecule has 1 aromatic rings. The molecule has 0 amide bonds. The molecule has 17 heavy (non-hydrogen) atoms. The summed E-state index contributed by atoms with van der Waals surface area (Å²) in [6, 6.07) is 3.20. The number of nitrogens with one attached hydrogen (secondary N) is 1. The number of halogens is 2. The smallest absolute Gasteiger partial charge is 0.165 e. The lowest BCUT2D eigenvalue weighted by Gasteiger charge is -2.15. The first-order valence-corrected chi connectivity index (χ1v) is 5.48. The minimum Gasteiger partial charge on any atom is -0.488 e. The standard InChI is InChI=1S/C12H17F2NO2/c1-8(2)15-6-10(16)7-17-12-5-9(13)3-4-11(12)14/h3-5,8,10,15-16H,6-7H2,1-2H3. The number of hydrogen-bond donors (Lipinski definition) is 2. The zero-order valence-corrected chi connectivity index (χ0v) is 9.91. The van der Waals surface area contributed by atoms with Crippen LogP contribution in [-0.4, -0.2) is 30.4 Å². The Bertz CT molecular complexity index is 358. The van der Waals surface area contributed by atoms with Crippen LogP contribution >= 0.6 is 0 Å². The van der Waals surface area contributed by atoms with E-state index >= 15 is 0 Å².